The summed E-state index contributed by atoms with van der Waals surface area (Å²) in [5, 5.41) is 2.42. The summed E-state index contributed by atoms with van der Waals surface area (Å²) in [6.07, 6.45) is -3.60. The number of amides is 1. The highest BCUT2D eigenvalue weighted by Gasteiger charge is 2.25. The van der Waals surface area contributed by atoms with Crippen molar-refractivity contribution in [3.8, 4) is 11.5 Å². The average Bonchev–Trinajstić information content (AvgIpc) is 2.43. The predicted molar refractivity (Wildman–Crippen MR) is 82.3 cm³/mol. The molecule has 0 aliphatic rings. The van der Waals surface area contributed by atoms with Gasteiger partial charge in [-0.3, -0.25) is 5.32 Å². The van der Waals surface area contributed by atoms with E-state index in [0.29, 0.717) is 0 Å². The molecule has 0 bridgehead atoms. The van der Waals surface area contributed by atoms with Crippen LogP contribution in [-0.2, 0) is 4.74 Å². The summed E-state index contributed by atoms with van der Waals surface area (Å²) in [6, 6.07) is 1.07. The first-order valence-corrected chi connectivity index (χ1v) is 6.88. The molecule has 0 spiro atoms. The van der Waals surface area contributed by atoms with Gasteiger partial charge in [0.2, 0.25) is 0 Å². The van der Waals surface area contributed by atoms with Crippen LogP contribution in [0.2, 0.25) is 0 Å². The van der Waals surface area contributed by atoms with E-state index in [-0.39, 0.29) is 22.7 Å². The zero-order valence-corrected chi connectivity index (χ0v) is 13.8. The molecule has 1 atom stereocenters. The predicted octanol–water partition coefficient (Wildman–Crippen LogP) is 3.32. The normalized spacial score (nSPS) is 12.7. The minimum atomic E-state index is -2.81. The molecule has 1 rings (SSSR count). The van der Waals surface area contributed by atoms with E-state index in [9.17, 15) is 13.6 Å². The van der Waals surface area contributed by atoms with Crippen molar-refractivity contribution < 1.29 is 27.8 Å². The fraction of sp³-hybridized carbons (Fsp3) is 0.533. The van der Waals surface area contributed by atoms with Crippen LogP contribution in [0, 0.1) is 0 Å². The van der Waals surface area contributed by atoms with Gasteiger partial charge in [-0.25, -0.2) is 13.6 Å². The molecule has 8 heteroatoms. The van der Waals surface area contributed by atoms with Crippen LogP contribution in [0.3, 0.4) is 0 Å². The summed E-state index contributed by atoms with van der Waals surface area (Å²) < 4.78 is 41.3. The molecule has 0 radical (unpaired) electrons. The number of carbonyl (C=O) groups is 1. The minimum Gasteiger partial charge on any atom is -0.493 e. The molecule has 0 fully saturated rings. The lowest BCUT2D eigenvalue weighted by Crippen LogP contribution is -2.28. The van der Waals surface area contributed by atoms with E-state index >= 15 is 0 Å². The summed E-state index contributed by atoms with van der Waals surface area (Å²) in [4.78, 5) is 11.9. The van der Waals surface area contributed by atoms with Crippen molar-refractivity contribution in [2.24, 2.45) is 5.73 Å². The Morgan fingerprint density at radius 3 is 2.13 bits per heavy atom. The fourth-order valence-electron chi connectivity index (χ4n) is 1.83. The number of anilines is 1. The maximum absolute atomic E-state index is 13.0. The van der Waals surface area contributed by atoms with Crippen molar-refractivity contribution in [2.45, 2.75) is 38.8 Å². The van der Waals surface area contributed by atoms with E-state index in [4.69, 9.17) is 19.9 Å². The van der Waals surface area contributed by atoms with E-state index in [1.165, 1.54) is 26.4 Å². The Labute approximate surface area is 133 Å². The molecule has 1 amide bonds. The Morgan fingerprint density at radius 2 is 1.70 bits per heavy atom. The third-order valence-electron chi connectivity index (χ3n) is 2.82. The van der Waals surface area contributed by atoms with Gasteiger partial charge in [0.1, 0.15) is 5.60 Å². The Bertz CT molecular complexity index is 559. The monoisotopic (exact) mass is 332 g/mol. The van der Waals surface area contributed by atoms with Gasteiger partial charge in [0.25, 0.3) is 6.43 Å². The number of benzene rings is 1. The fourth-order valence-corrected chi connectivity index (χ4v) is 1.83. The molecule has 1 aromatic rings. The first kappa shape index (κ1) is 19.0. The highest BCUT2D eigenvalue weighted by molar-refractivity contribution is 5.87. The number of methoxy groups -OCH3 is 2. The lowest BCUT2D eigenvalue weighted by Gasteiger charge is -2.22. The molecule has 23 heavy (non-hydrogen) atoms. The Kier molecular flexibility index (Phi) is 6.14. The zero-order valence-electron chi connectivity index (χ0n) is 13.8. The molecule has 0 saturated carbocycles. The summed E-state index contributed by atoms with van der Waals surface area (Å²) in [7, 11) is 2.76. The lowest BCUT2D eigenvalue weighted by molar-refractivity contribution is 0.0634. The summed E-state index contributed by atoms with van der Waals surface area (Å²) in [6.45, 7) is 5.06. The van der Waals surface area contributed by atoms with Crippen LogP contribution in [0.4, 0.5) is 19.3 Å². The molecule has 130 valence electrons. The van der Waals surface area contributed by atoms with Gasteiger partial charge >= 0.3 is 6.09 Å². The molecule has 0 saturated heterocycles. The molecule has 0 aliphatic carbocycles. The van der Waals surface area contributed by atoms with Gasteiger partial charge in [-0.1, -0.05) is 0 Å². The molecular formula is C15H22F2N2O4. The molecule has 6 nitrogen and oxygen atoms in total. The van der Waals surface area contributed by atoms with Gasteiger partial charge in [0.15, 0.2) is 11.5 Å². The van der Waals surface area contributed by atoms with E-state index in [1.54, 1.807) is 20.8 Å². The first-order chi connectivity index (χ1) is 10.6. The van der Waals surface area contributed by atoms with Crippen LogP contribution in [0.15, 0.2) is 12.1 Å². The molecule has 1 unspecified atom stereocenters. The van der Waals surface area contributed by atoms with Crippen LogP contribution in [-0.4, -0.2) is 32.3 Å². The molecular weight excluding hydrogens is 310 g/mol. The lowest BCUT2D eigenvalue weighted by atomic mass is 10.0. The van der Waals surface area contributed by atoms with Crippen molar-refractivity contribution in [2.75, 3.05) is 19.5 Å². The summed E-state index contributed by atoms with van der Waals surface area (Å²) >= 11 is 0. The largest absolute Gasteiger partial charge is 0.493 e. The topological polar surface area (TPSA) is 82.8 Å². The van der Waals surface area contributed by atoms with Crippen LogP contribution in [0.25, 0.3) is 0 Å². The maximum atomic E-state index is 13.0. The number of alkyl halides is 2. The quantitative estimate of drug-likeness (QED) is 0.864. The van der Waals surface area contributed by atoms with Crippen LogP contribution >= 0.6 is 0 Å². The van der Waals surface area contributed by atoms with Gasteiger partial charge in [0.05, 0.1) is 25.9 Å². The molecule has 0 aromatic heterocycles. The van der Waals surface area contributed by atoms with Crippen LogP contribution in [0.1, 0.15) is 32.4 Å². The van der Waals surface area contributed by atoms with Gasteiger partial charge in [-0.15, -0.1) is 0 Å². The molecule has 0 heterocycles. The second-order valence-electron chi connectivity index (χ2n) is 5.78. The zero-order chi connectivity index (χ0) is 17.8. The summed E-state index contributed by atoms with van der Waals surface area (Å²) in [5.41, 5.74) is 4.88. The number of nitrogens with one attached hydrogen (secondary N) is 1. The Balaban J connectivity index is 3.23. The molecule has 3 N–H and O–H groups in total. The Morgan fingerprint density at radius 1 is 1.17 bits per heavy atom. The number of rotatable bonds is 5. The number of hydrogen-bond acceptors (Lipinski definition) is 5. The second kappa shape index (κ2) is 7.45. The van der Waals surface area contributed by atoms with Crippen molar-refractivity contribution in [3.63, 3.8) is 0 Å². The number of nitrogens with two attached hydrogens (primary N) is 1. The van der Waals surface area contributed by atoms with E-state index in [1.807, 2.05) is 0 Å². The van der Waals surface area contributed by atoms with Gasteiger partial charge in [-0.05, 0) is 26.8 Å². The third kappa shape index (κ3) is 5.24. The van der Waals surface area contributed by atoms with Gasteiger partial charge in [0, 0.05) is 11.6 Å². The van der Waals surface area contributed by atoms with Crippen molar-refractivity contribution >= 4 is 11.8 Å². The molecule has 0 aliphatic heterocycles. The number of hydrogen-bond donors (Lipinski definition) is 2. The second-order valence-corrected chi connectivity index (χ2v) is 5.78. The SMILES string of the molecule is COc1cc(NC(=O)OC(C)(C)C)c(C(N)C(F)F)cc1OC. The molecule has 1 aromatic carbocycles. The highest BCUT2D eigenvalue weighted by atomic mass is 19.3. The van der Waals surface area contributed by atoms with E-state index < -0.39 is 24.2 Å². The number of carbonyl (C=O) groups excluding carboxylic acids is 1. The highest BCUT2D eigenvalue weighted by Crippen LogP contribution is 2.37. The van der Waals surface area contributed by atoms with Crippen molar-refractivity contribution in [3.05, 3.63) is 17.7 Å². The van der Waals surface area contributed by atoms with Gasteiger partial charge < -0.3 is 19.9 Å². The van der Waals surface area contributed by atoms with Crippen molar-refractivity contribution in [1.82, 2.24) is 0 Å². The smallest absolute Gasteiger partial charge is 0.412 e. The van der Waals surface area contributed by atoms with Gasteiger partial charge in [-0.2, -0.15) is 0 Å². The average molecular weight is 332 g/mol. The van der Waals surface area contributed by atoms with Crippen LogP contribution < -0.4 is 20.5 Å². The first-order valence-electron chi connectivity index (χ1n) is 6.88. The third-order valence-corrected chi connectivity index (χ3v) is 2.82. The van der Waals surface area contributed by atoms with Crippen LogP contribution in [0.5, 0.6) is 11.5 Å². The standard InChI is InChI=1S/C15H22F2N2O4/c1-15(2,3)23-14(20)19-9-7-11(22-5)10(21-4)6-8(9)12(18)13(16)17/h6-7,12-13H,18H2,1-5H3,(H,19,20). The Hall–Kier alpha value is -2.09. The maximum Gasteiger partial charge on any atom is 0.412 e. The number of ether oxygens (including phenoxy) is 3. The summed E-state index contributed by atoms with van der Waals surface area (Å²) in [5.74, 6) is 0.497. The minimum absolute atomic E-state index is 0.0171. The van der Waals surface area contributed by atoms with E-state index in [2.05, 4.69) is 5.32 Å². The van der Waals surface area contributed by atoms with E-state index in [0.717, 1.165) is 0 Å². The van der Waals surface area contributed by atoms with Crippen molar-refractivity contribution in [1.29, 1.82) is 0 Å². The number of halogens is 2.